The van der Waals surface area contributed by atoms with Crippen LogP contribution < -0.4 is 9.80 Å². The number of halogens is 2. The van der Waals surface area contributed by atoms with E-state index in [4.69, 9.17) is 19.4 Å². The molecule has 0 saturated carbocycles. The van der Waals surface area contributed by atoms with Crippen LogP contribution >= 0.6 is 19.4 Å². The van der Waals surface area contributed by atoms with Crippen molar-refractivity contribution in [2.75, 3.05) is 22.9 Å². The van der Waals surface area contributed by atoms with Crippen LogP contribution in [0.1, 0.15) is 44.5 Å². The number of anilines is 2. The number of hydrogen-bond acceptors (Lipinski definition) is 2. The van der Waals surface area contributed by atoms with Crippen molar-refractivity contribution >= 4 is 39.2 Å². The fraction of sp³-hybridized carbons (Fsp3) is 0.235. The molecular formula is C34H34Cl2N2Ru. The molecule has 202 valence electrons. The molecule has 2 nitrogen and oxygen atoms in total. The molecule has 6 rings (SSSR count). The Morgan fingerprint density at radius 1 is 0.538 bits per heavy atom. The average molecular weight is 643 g/mol. The van der Waals surface area contributed by atoms with Gasteiger partial charge in [0.05, 0.1) is 0 Å². The third-order valence-corrected chi connectivity index (χ3v) is 14.8. The Bertz CT molecular complexity index is 1620. The van der Waals surface area contributed by atoms with Crippen LogP contribution in [0, 0.1) is 41.5 Å². The predicted octanol–water partition coefficient (Wildman–Crippen LogP) is 8.66. The summed E-state index contributed by atoms with van der Waals surface area (Å²) in [5.74, 6) is 0. The summed E-state index contributed by atoms with van der Waals surface area (Å²) in [6, 6.07) is 26.3. The monoisotopic (exact) mass is 642 g/mol. The fourth-order valence-electron chi connectivity index (χ4n) is 6.63. The molecule has 0 radical (unpaired) electrons. The Hall–Kier alpha value is -2.58. The van der Waals surface area contributed by atoms with Gasteiger partial charge in [0.25, 0.3) is 0 Å². The Morgan fingerprint density at radius 3 is 1.23 bits per heavy atom. The Kier molecular flexibility index (Phi) is 6.70. The molecule has 1 saturated heterocycles. The molecule has 1 aliphatic heterocycles. The first kappa shape index (κ1) is 26.6. The van der Waals surface area contributed by atoms with Crippen LogP contribution in [0.15, 0.2) is 72.8 Å². The van der Waals surface area contributed by atoms with E-state index in [2.05, 4.69) is 124 Å². The number of aryl methyl sites for hydroxylation is 6. The molecule has 0 unspecified atom stereocenters. The molecule has 0 aromatic heterocycles. The van der Waals surface area contributed by atoms with Gasteiger partial charge in [-0.2, -0.15) is 0 Å². The maximum absolute atomic E-state index is 7.94. The van der Waals surface area contributed by atoms with E-state index in [0.29, 0.717) is 0 Å². The van der Waals surface area contributed by atoms with E-state index in [9.17, 15) is 0 Å². The maximum atomic E-state index is 7.94. The second-order valence-corrected chi connectivity index (χ2v) is 20.1. The van der Waals surface area contributed by atoms with Gasteiger partial charge in [-0.25, -0.2) is 0 Å². The van der Waals surface area contributed by atoms with E-state index >= 15 is 0 Å². The number of fused-ring (bicyclic) bond motifs is 3. The van der Waals surface area contributed by atoms with Gasteiger partial charge in [0.2, 0.25) is 0 Å². The van der Waals surface area contributed by atoms with Gasteiger partial charge in [0, 0.05) is 0 Å². The molecule has 0 bridgehead atoms. The third-order valence-electron chi connectivity index (χ3n) is 7.81. The fourth-order valence-corrected chi connectivity index (χ4v) is 14.3. The van der Waals surface area contributed by atoms with Crippen molar-refractivity contribution in [1.29, 1.82) is 0 Å². The zero-order chi connectivity index (χ0) is 27.6. The zero-order valence-electron chi connectivity index (χ0n) is 23.3. The van der Waals surface area contributed by atoms with Crippen molar-refractivity contribution in [2.24, 2.45) is 0 Å². The van der Waals surface area contributed by atoms with Gasteiger partial charge < -0.3 is 0 Å². The minimum absolute atomic E-state index is 0.839. The first-order valence-electron chi connectivity index (χ1n) is 13.4. The van der Waals surface area contributed by atoms with Crippen molar-refractivity contribution in [3.05, 3.63) is 117 Å². The van der Waals surface area contributed by atoms with Crippen LogP contribution in [0.3, 0.4) is 0 Å². The van der Waals surface area contributed by atoms with E-state index < -0.39 is 11.9 Å². The van der Waals surface area contributed by atoms with Crippen molar-refractivity contribution in [3.63, 3.8) is 0 Å². The van der Waals surface area contributed by atoms with Crippen LogP contribution in [-0.4, -0.2) is 21.6 Å². The van der Waals surface area contributed by atoms with Gasteiger partial charge in [-0.05, 0) is 0 Å². The SMILES string of the molecule is Cc1cc(C)c(N2CCN(c3c(C)cc(C)cc3C)[C]2=[Ru]([Cl])([Cl])=[C]2c3ccccc3-c3ccccc32)c(C)c1. The van der Waals surface area contributed by atoms with E-state index in [0.717, 1.165) is 21.6 Å². The second-order valence-electron chi connectivity index (χ2n) is 10.9. The van der Waals surface area contributed by atoms with Crippen molar-refractivity contribution in [1.82, 2.24) is 0 Å². The summed E-state index contributed by atoms with van der Waals surface area (Å²) in [6.07, 6.45) is 0. The third kappa shape index (κ3) is 4.26. The summed E-state index contributed by atoms with van der Waals surface area (Å²) in [7, 11) is 15.9. The van der Waals surface area contributed by atoms with E-state index in [1.165, 1.54) is 67.0 Å². The molecule has 4 aromatic carbocycles. The average Bonchev–Trinajstić information content (AvgIpc) is 3.43. The van der Waals surface area contributed by atoms with E-state index in [-0.39, 0.29) is 0 Å². The van der Waals surface area contributed by atoms with Gasteiger partial charge in [-0.3, -0.25) is 0 Å². The van der Waals surface area contributed by atoms with Crippen LogP contribution in [0.5, 0.6) is 0 Å². The molecule has 5 heteroatoms. The van der Waals surface area contributed by atoms with Crippen molar-refractivity contribution < 1.29 is 11.9 Å². The van der Waals surface area contributed by atoms with Gasteiger partial charge in [0.1, 0.15) is 0 Å². The molecule has 1 fully saturated rings. The Morgan fingerprint density at radius 2 is 0.872 bits per heavy atom. The van der Waals surface area contributed by atoms with Crippen LogP contribution in [0.2, 0.25) is 0 Å². The molecular weight excluding hydrogens is 608 g/mol. The zero-order valence-corrected chi connectivity index (χ0v) is 26.6. The van der Waals surface area contributed by atoms with Crippen LogP contribution in [-0.2, 0) is 11.9 Å². The normalized spacial score (nSPS) is 15.2. The summed E-state index contributed by atoms with van der Waals surface area (Å²) >= 11 is -3.77. The van der Waals surface area contributed by atoms with Gasteiger partial charge in [0.15, 0.2) is 0 Å². The molecule has 4 aromatic rings. The topological polar surface area (TPSA) is 6.48 Å². The molecule has 1 aliphatic carbocycles. The van der Waals surface area contributed by atoms with E-state index in [1.807, 2.05) is 0 Å². The number of hydrogen-bond donors (Lipinski definition) is 0. The molecule has 0 atom stereocenters. The molecule has 0 spiro atoms. The van der Waals surface area contributed by atoms with Gasteiger partial charge in [-0.1, -0.05) is 0 Å². The van der Waals surface area contributed by atoms with Crippen LogP contribution in [0.25, 0.3) is 11.1 Å². The molecule has 2 aliphatic rings. The summed E-state index contributed by atoms with van der Waals surface area (Å²) < 4.78 is 2.19. The standard InChI is InChI=1S/C21H26N2.C13H8.2ClH.Ru/c1-14-9-16(3)20(17(4)10-14)22-7-8-23(13-22)21-18(5)11-15(2)12-19(21)6;1-3-7-12-10(5-1)9-11-6-2-4-8-13(11)12;;;/h9-12H,7-8H2,1-6H3;1-8H;2*1H;/q;;;;+2/p-2. The summed E-state index contributed by atoms with van der Waals surface area (Å²) in [4.78, 5) is 4.90. The summed E-state index contributed by atoms with van der Waals surface area (Å²) in [6.45, 7) is 14.8. The first-order valence-corrected chi connectivity index (χ1v) is 19.6. The van der Waals surface area contributed by atoms with Crippen molar-refractivity contribution in [3.8, 4) is 11.1 Å². The predicted molar refractivity (Wildman–Crippen MR) is 168 cm³/mol. The number of rotatable bonds is 2. The number of benzene rings is 4. The number of nitrogens with zero attached hydrogens (tertiary/aromatic N) is 2. The summed E-state index contributed by atoms with van der Waals surface area (Å²) in [5, 5.41) is 0. The van der Waals surface area contributed by atoms with Crippen molar-refractivity contribution in [2.45, 2.75) is 41.5 Å². The van der Waals surface area contributed by atoms with Gasteiger partial charge >= 0.3 is 244 Å². The van der Waals surface area contributed by atoms with Crippen LogP contribution in [0.4, 0.5) is 11.4 Å². The minimum atomic E-state index is -3.77. The Labute approximate surface area is 242 Å². The van der Waals surface area contributed by atoms with Gasteiger partial charge in [-0.15, -0.1) is 0 Å². The molecule has 0 amide bonds. The molecule has 39 heavy (non-hydrogen) atoms. The Balaban J connectivity index is 1.77. The second kappa shape index (κ2) is 9.81. The quantitative estimate of drug-likeness (QED) is 0.178. The van der Waals surface area contributed by atoms with E-state index in [1.54, 1.807) is 0 Å². The molecule has 0 N–H and O–H groups in total. The first-order chi connectivity index (χ1) is 18.6. The summed E-state index contributed by atoms with van der Waals surface area (Å²) in [5.41, 5.74) is 14.8. The molecule has 1 heterocycles.